The minimum atomic E-state index is -0.594. The molecule has 0 fully saturated rings. The van der Waals surface area contributed by atoms with Crippen LogP contribution in [0.4, 0.5) is 11.4 Å². The number of benzene rings is 3. The molecule has 32 heavy (non-hydrogen) atoms. The Hall–Kier alpha value is -4.07. The highest BCUT2D eigenvalue weighted by Crippen LogP contribution is 2.44. The molecule has 0 spiro atoms. The normalized spacial score (nSPS) is 16.8. The molecular formula is C24H22N2O6. The standard InChI is InChI=1S/C24H22N2O6/c1-29-20-11-14(12-21(30-2)22(20)27)23-25-17-6-4-3-5-16(17)24(28)26(23)15-7-8-18-19(13-15)32-10-9-31-18/h3-8,11-13,23,25,27H,9-10H2,1-2H3. The van der Waals surface area contributed by atoms with Crippen molar-refractivity contribution in [2.75, 3.05) is 37.7 Å². The van der Waals surface area contributed by atoms with Crippen molar-refractivity contribution in [1.29, 1.82) is 0 Å². The summed E-state index contributed by atoms with van der Waals surface area (Å²) in [5.41, 5.74) is 2.57. The highest BCUT2D eigenvalue weighted by atomic mass is 16.6. The first-order valence-corrected chi connectivity index (χ1v) is 10.1. The number of ether oxygens (including phenoxy) is 4. The summed E-state index contributed by atoms with van der Waals surface area (Å²) in [5, 5.41) is 13.8. The number of phenols is 1. The molecule has 1 amide bonds. The SMILES string of the molecule is COc1cc(C2Nc3ccccc3C(=O)N2c2ccc3c(c2)OCCO3)cc(OC)c1O. The molecule has 8 heteroatoms. The fourth-order valence-corrected chi connectivity index (χ4v) is 4.01. The predicted octanol–water partition coefficient (Wildman–Crippen LogP) is 3.95. The molecule has 2 N–H and O–H groups in total. The highest BCUT2D eigenvalue weighted by Gasteiger charge is 2.35. The van der Waals surface area contributed by atoms with Gasteiger partial charge in [-0.3, -0.25) is 9.69 Å². The van der Waals surface area contributed by atoms with Crippen molar-refractivity contribution in [3.05, 3.63) is 65.7 Å². The van der Waals surface area contributed by atoms with Gasteiger partial charge in [0.1, 0.15) is 19.4 Å². The summed E-state index contributed by atoms with van der Waals surface area (Å²) in [7, 11) is 2.93. The average Bonchev–Trinajstić information content (AvgIpc) is 2.84. The quantitative estimate of drug-likeness (QED) is 0.643. The van der Waals surface area contributed by atoms with Gasteiger partial charge in [0, 0.05) is 17.3 Å². The highest BCUT2D eigenvalue weighted by molar-refractivity contribution is 6.12. The number of methoxy groups -OCH3 is 2. The van der Waals surface area contributed by atoms with Crippen LogP contribution < -0.4 is 29.2 Å². The van der Waals surface area contributed by atoms with Crippen molar-refractivity contribution in [2.45, 2.75) is 6.17 Å². The molecule has 1 atom stereocenters. The van der Waals surface area contributed by atoms with Crippen molar-refractivity contribution in [3.63, 3.8) is 0 Å². The van der Waals surface area contributed by atoms with Crippen LogP contribution in [0, 0.1) is 0 Å². The minimum absolute atomic E-state index is 0.104. The summed E-state index contributed by atoms with van der Waals surface area (Å²) >= 11 is 0. The topological polar surface area (TPSA) is 89.5 Å². The number of amides is 1. The Morgan fingerprint density at radius 3 is 2.38 bits per heavy atom. The van der Waals surface area contributed by atoms with Gasteiger partial charge >= 0.3 is 0 Å². The van der Waals surface area contributed by atoms with Gasteiger partial charge in [-0.05, 0) is 36.4 Å². The third-order valence-electron chi connectivity index (χ3n) is 5.55. The molecule has 0 aliphatic carbocycles. The molecule has 3 aromatic rings. The Kier molecular flexibility index (Phi) is 4.89. The maximum absolute atomic E-state index is 13.6. The lowest BCUT2D eigenvalue weighted by Crippen LogP contribution is -2.43. The first-order chi connectivity index (χ1) is 15.6. The molecule has 0 saturated carbocycles. The van der Waals surface area contributed by atoms with E-state index in [1.165, 1.54) is 14.2 Å². The number of para-hydroxylation sites is 1. The van der Waals surface area contributed by atoms with Gasteiger partial charge in [0.2, 0.25) is 5.75 Å². The summed E-state index contributed by atoms with van der Waals surface area (Å²) in [6.45, 7) is 0.931. The molecule has 0 radical (unpaired) electrons. The van der Waals surface area contributed by atoms with E-state index in [1.807, 2.05) is 24.3 Å². The van der Waals surface area contributed by atoms with Crippen molar-refractivity contribution in [1.82, 2.24) is 0 Å². The predicted molar refractivity (Wildman–Crippen MR) is 118 cm³/mol. The third-order valence-corrected chi connectivity index (χ3v) is 5.55. The number of carbonyl (C=O) groups is 1. The number of hydrogen-bond acceptors (Lipinski definition) is 7. The summed E-state index contributed by atoms with van der Waals surface area (Å²) in [5.74, 6) is 1.44. The second-order valence-electron chi connectivity index (χ2n) is 7.37. The number of carbonyl (C=O) groups excluding carboxylic acids is 1. The first-order valence-electron chi connectivity index (χ1n) is 10.1. The Morgan fingerprint density at radius 2 is 1.66 bits per heavy atom. The van der Waals surface area contributed by atoms with Crippen LogP contribution in [-0.2, 0) is 0 Å². The maximum atomic E-state index is 13.6. The lowest BCUT2D eigenvalue weighted by molar-refractivity contribution is 0.0974. The van der Waals surface area contributed by atoms with Gasteiger partial charge in [-0.1, -0.05) is 12.1 Å². The Labute approximate surface area is 184 Å². The van der Waals surface area contributed by atoms with E-state index in [0.29, 0.717) is 47.2 Å². The lowest BCUT2D eigenvalue weighted by atomic mass is 10.0. The Bertz CT molecular complexity index is 1170. The van der Waals surface area contributed by atoms with E-state index < -0.39 is 6.17 Å². The van der Waals surface area contributed by atoms with Crippen molar-refractivity contribution in [3.8, 4) is 28.7 Å². The van der Waals surface area contributed by atoms with Gasteiger partial charge in [0.15, 0.2) is 23.0 Å². The van der Waals surface area contributed by atoms with E-state index in [2.05, 4.69) is 5.32 Å². The van der Waals surface area contributed by atoms with Gasteiger partial charge in [-0.2, -0.15) is 0 Å². The molecule has 164 valence electrons. The number of nitrogens with zero attached hydrogens (tertiary/aromatic N) is 1. The monoisotopic (exact) mass is 434 g/mol. The van der Waals surface area contributed by atoms with Crippen LogP contribution in [0.3, 0.4) is 0 Å². The van der Waals surface area contributed by atoms with Crippen LogP contribution in [0.25, 0.3) is 0 Å². The average molecular weight is 434 g/mol. The Balaban J connectivity index is 1.67. The second-order valence-corrected chi connectivity index (χ2v) is 7.37. The van der Waals surface area contributed by atoms with Crippen molar-refractivity contribution in [2.24, 2.45) is 0 Å². The minimum Gasteiger partial charge on any atom is -0.502 e. The van der Waals surface area contributed by atoms with Crippen LogP contribution in [-0.4, -0.2) is 38.4 Å². The molecule has 1 unspecified atom stereocenters. The molecule has 0 saturated heterocycles. The van der Waals surface area contributed by atoms with Crippen LogP contribution in [0.5, 0.6) is 28.7 Å². The molecule has 2 heterocycles. The number of hydrogen-bond donors (Lipinski definition) is 2. The number of phenolic OH excluding ortho intramolecular Hbond substituents is 1. The van der Waals surface area contributed by atoms with Gasteiger partial charge in [-0.25, -0.2) is 0 Å². The fraction of sp³-hybridized carbons (Fsp3) is 0.208. The zero-order valence-electron chi connectivity index (χ0n) is 17.6. The Morgan fingerprint density at radius 1 is 0.969 bits per heavy atom. The van der Waals surface area contributed by atoms with Gasteiger partial charge < -0.3 is 29.4 Å². The molecule has 0 bridgehead atoms. The van der Waals surface area contributed by atoms with E-state index in [4.69, 9.17) is 18.9 Å². The smallest absolute Gasteiger partial charge is 0.262 e. The number of rotatable bonds is 4. The third kappa shape index (κ3) is 3.20. The van der Waals surface area contributed by atoms with Crippen molar-refractivity contribution < 1.29 is 28.8 Å². The van der Waals surface area contributed by atoms with Crippen LogP contribution in [0.1, 0.15) is 22.1 Å². The number of nitrogens with one attached hydrogen (secondary N) is 1. The van der Waals surface area contributed by atoms with E-state index >= 15 is 0 Å². The molecule has 2 aliphatic heterocycles. The summed E-state index contributed by atoms with van der Waals surface area (Å²) < 4.78 is 22.0. The summed E-state index contributed by atoms with van der Waals surface area (Å²) in [4.78, 5) is 15.3. The van der Waals surface area contributed by atoms with Crippen LogP contribution in [0.15, 0.2) is 54.6 Å². The number of anilines is 2. The zero-order chi connectivity index (χ0) is 22.2. The second kappa shape index (κ2) is 7.88. The maximum Gasteiger partial charge on any atom is 0.262 e. The van der Waals surface area contributed by atoms with Gasteiger partial charge in [0.25, 0.3) is 5.91 Å². The van der Waals surface area contributed by atoms with E-state index in [9.17, 15) is 9.90 Å². The summed E-state index contributed by atoms with van der Waals surface area (Å²) in [6, 6.07) is 16.1. The molecule has 3 aromatic carbocycles. The molecule has 8 nitrogen and oxygen atoms in total. The molecular weight excluding hydrogens is 412 g/mol. The fourth-order valence-electron chi connectivity index (χ4n) is 4.01. The van der Waals surface area contributed by atoms with E-state index in [0.717, 1.165) is 0 Å². The zero-order valence-corrected chi connectivity index (χ0v) is 17.6. The summed E-state index contributed by atoms with van der Waals surface area (Å²) in [6.07, 6.45) is -0.594. The van der Waals surface area contributed by atoms with Crippen LogP contribution >= 0.6 is 0 Å². The number of aromatic hydroxyl groups is 1. The molecule has 2 aliphatic rings. The molecule has 5 rings (SSSR count). The number of fused-ring (bicyclic) bond motifs is 2. The van der Waals surface area contributed by atoms with Crippen LogP contribution in [0.2, 0.25) is 0 Å². The largest absolute Gasteiger partial charge is 0.502 e. The first kappa shape index (κ1) is 19.9. The molecule has 0 aromatic heterocycles. The van der Waals surface area contributed by atoms with E-state index in [1.54, 1.807) is 35.2 Å². The van der Waals surface area contributed by atoms with Crippen molar-refractivity contribution >= 4 is 17.3 Å². The van der Waals surface area contributed by atoms with E-state index in [-0.39, 0.29) is 23.2 Å². The van der Waals surface area contributed by atoms with Gasteiger partial charge in [-0.15, -0.1) is 0 Å². The lowest BCUT2D eigenvalue weighted by Gasteiger charge is -2.38. The van der Waals surface area contributed by atoms with Gasteiger partial charge in [0.05, 0.1) is 25.5 Å².